The molecule has 2 aliphatic heterocycles. The number of para-hydroxylation sites is 4. The molecule has 0 radical (unpaired) electrons. The molecule has 0 atom stereocenters. The van der Waals surface area contributed by atoms with Crippen LogP contribution in [-0.4, -0.2) is 15.0 Å². The van der Waals surface area contributed by atoms with E-state index in [0.29, 0.717) is 17.5 Å². The first-order chi connectivity index (χ1) is 25.3. The highest BCUT2D eigenvalue weighted by atomic mass is 16.5. The number of fused-ring (bicyclic) bond motifs is 8. The molecule has 0 aliphatic carbocycles. The molecule has 0 fully saturated rings. The standard InChI is InChI=1S/C46H30N4O/c1-4-16-31(17-5-1)43-47-44(32-18-6-2-7-19-32)49-45(48-43)33-28-29-38-42(30-33)51-41-27-15-12-24-37(41)46(38)35-22-10-13-25-39(35)50(34-20-8-3-9-21-34)40-26-14-11-23-36(40)46/h1-30H. The van der Waals surface area contributed by atoms with E-state index in [2.05, 4.69) is 120 Å². The average molecular weight is 655 g/mol. The van der Waals surface area contributed by atoms with E-state index < -0.39 is 5.41 Å². The Bertz CT molecular complexity index is 2460. The van der Waals surface area contributed by atoms with Gasteiger partial charge in [0.1, 0.15) is 11.5 Å². The molecule has 240 valence electrons. The Morgan fingerprint density at radius 1 is 0.373 bits per heavy atom. The summed E-state index contributed by atoms with van der Waals surface area (Å²) in [4.78, 5) is 17.3. The summed E-state index contributed by atoms with van der Waals surface area (Å²) in [6.07, 6.45) is 0. The summed E-state index contributed by atoms with van der Waals surface area (Å²) >= 11 is 0. The van der Waals surface area contributed by atoms with Gasteiger partial charge in [-0.2, -0.15) is 0 Å². The molecule has 0 N–H and O–H groups in total. The van der Waals surface area contributed by atoms with Crippen molar-refractivity contribution in [3.8, 4) is 45.7 Å². The fourth-order valence-corrected chi connectivity index (χ4v) is 7.80. The molecule has 51 heavy (non-hydrogen) atoms. The summed E-state index contributed by atoms with van der Waals surface area (Å²) in [5, 5.41) is 0. The highest BCUT2D eigenvalue weighted by molar-refractivity contribution is 5.91. The molecule has 0 amide bonds. The van der Waals surface area contributed by atoms with Gasteiger partial charge >= 0.3 is 0 Å². The smallest absolute Gasteiger partial charge is 0.164 e. The number of hydrogen-bond donors (Lipinski definition) is 0. The van der Waals surface area contributed by atoms with Crippen LogP contribution in [0.4, 0.5) is 17.1 Å². The Balaban J connectivity index is 1.22. The van der Waals surface area contributed by atoms with Crippen LogP contribution < -0.4 is 9.64 Å². The quantitative estimate of drug-likeness (QED) is 0.189. The van der Waals surface area contributed by atoms with Crippen molar-refractivity contribution in [2.45, 2.75) is 5.41 Å². The van der Waals surface area contributed by atoms with Crippen molar-refractivity contribution in [3.05, 3.63) is 204 Å². The van der Waals surface area contributed by atoms with Crippen molar-refractivity contribution in [1.82, 2.24) is 15.0 Å². The molecule has 2 aliphatic rings. The molecule has 0 unspecified atom stereocenters. The zero-order valence-electron chi connectivity index (χ0n) is 27.5. The van der Waals surface area contributed by atoms with Crippen LogP contribution in [0.1, 0.15) is 22.3 Å². The van der Waals surface area contributed by atoms with Crippen molar-refractivity contribution in [1.29, 1.82) is 0 Å². The molecule has 8 aromatic rings. The highest BCUT2D eigenvalue weighted by Crippen LogP contribution is 2.62. The predicted octanol–water partition coefficient (Wildman–Crippen LogP) is 11.1. The van der Waals surface area contributed by atoms with Crippen LogP contribution in [0.2, 0.25) is 0 Å². The van der Waals surface area contributed by atoms with E-state index in [1.54, 1.807) is 0 Å². The van der Waals surface area contributed by atoms with E-state index in [1.807, 2.05) is 66.7 Å². The number of rotatable bonds is 4. The largest absolute Gasteiger partial charge is 0.457 e. The second-order valence-corrected chi connectivity index (χ2v) is 12.8. The van der Waals surface area contributed by atoms with E-state index >= 15 is 0 Å². The van der Waals surface area contributed by atoms with Gasteiger partial charge in [-0.3, -0.25) is 0 Å². The average Bonchev–Trinajstić information content (AvgIpc) is 3.21. The molecule has 0 saturated carbocycles. The van der Waals surface area contributed by atoms with E-state index in [0.717, 1.165) is 56.4 Å². The lowest BCUT2D eigenvalue weighted by molar-refractivity contribution is 0.434. The minimum Gasteiger partial charge on any atom is -0.457 e. The van der Waals surface area contributed by atoms with Crippen LogP contribution in [0.15, 0.2) is 182 Å². The number of hydrogen-bond acceptors (Lipinski definition) is 5. The monoisotopic (exact) mass is 654 g/mol. The summed E-state index contributed by atoms with van der Waals surface area (Å²) in [7, 11) is 0. The highest BCUT2D eigenvalue weighted by Gasteiger charge is 2.51. The minimum absolute atomic E-state index is 0.585. The summed E-state index contributed by atoms with van der Waals surface area (Å²) in [5.41, 5.74) is 9.99. The molecule has 1 spiro atoms. The number of benzene rings is 7. The third-order valence-electron chi connectivity index (χ3n) is 9.97. The van der Waals surface area contributed by atoms with Gasteiger partial charge in [0, 0.05) is 33.5 Å². The zero-order chi connectivity index (χ0) is 33.8. The molecule has 5 nitrogen and oxygen atoms in total. The van der Waals surface area contributed by atoms with Gasteiger partial charge < -0.3 is 9.64 Å². The number of aromatic nitrogens is 3. The first-order valence-corrected chi connectivity index (χ1v) is 17.1. The lowest BCUT2D eigenvalue weighted by atomic mass is 9.61. The zero-order valence-corrected chi connectivity index (χ0v) is 27.5. The van der Waals surface area contributed by atoms with Crippen molar-refractivity contribution in [2.75, 3.05) is 4.90 Å². The van der Waals surface area contributed by atoms with Gasteiger partial charge in [0.25, 0.3) is 0 Å². The first-order valence-electron chi connectivity index (χ1n) is 17.1. The SMILES string of the molecule is c1ccc(-c2nc(-c3ccccc3)nc(-c3ccc4c(c3)Oc3ccccc3C43c4ccccc4N(c4ccccc4)c4ccccc43)n2)cc1. The Morgan fingerprint density at radius 2 is 0.824 bits per heavy atom. The second-order valence-electron chi connectivity index (χ2n) is 12.8. The summed E-state index contributed by atoms with van der Waals surface area (Å²) in [6, 6.07) is 63.1. The van der Waals surface area contributed by atoms with Crippen LogP contribution in [0.25, 0.3) is 34.2 Å². The number of ether oxygens (including phenoxy) is 1. The summed E-state index contributed by atoms with van der Waals surface area (Å²) in [6.45, 7) is 0. The Labute approximate surface area is 296 Å². The molecular weight excluding hydrogens is 625 g/mol. The third-order valence-corrected chi connectivity index (χ3v) is 9.97. The van der Waals surface area contributed by atoms with Gasteiger partial charge in [0.2, 0.25) is 0 Å². The lowest BCUT2D eigenvalue weighted by Gasteiger charge is -2.48. The van der Waals surface area contributed by atoms with Crippen molar-refractivity contribution in [3.63, 3.8) is 0 Å². The Hall–Kier alpha value is -6.85. The fraction of sp³-hybridized carbons (Fsp3) is 0.0217. The minimum atomic E-state index is -0.648. The molecular formula is C46H30N4O. The van der Waals surface area contributed by atoms with Crippen molar-refractivity contribution >= 4 is 17.1 Å². The van der Waals surface area contributed by atoms with Crippen LogP contribution in [0, 0.1) is 0 Å². The Morgan fingerprint density at radius 3 is 1.41 bits per heavy atom. The van der Waals surface area contributed by atoms with E-state index in [-0.39, 0.29) is 0 Å². The maximum absolute atomic E-state index is 6.85. The van der Waals surface area contributed by atoms with E-state index in [9.17, 15) is 0 Å². The summed E-state index contributed by atoms with van der Waals surface area (Å²) in [5.74, 6) is 3.42. The van der Waals surface area contributed by atoms with Gasteiger partial charge in [-0.25, -0.2) is 15.0 Å². The van der Waals surface area contributed by atoms with Gasteiger partial charge in [-0.15, -0.1) is 0 Å². The molecule has 1 aromatic heterocycles. The molecule has 0 saturated heterocycles. The molecule has 10 rings (SSSR count). The number of anilines is 3. The molecule has 5 heteroatoms. The first kappa shape index (κ1) is 29.1. The maximum atomic E-state index is 6.85. The lowest BCUT2D eigenvalue weighted by Crippen LogP contribution is -2.39. The van der Waals surface area contributed by atoms with Crippen molar-refractivity contribution < 1.29 is 4.74 Å². The van der Waals surface area contributed by atoms with Crippen LogP contribution in [0.3, 0.4) is 0 Å². The van der Waals surface area contributed by atoms with E-state index in [4.69, 9.17) is 19.7 Å². The molecule has 3 heterocycles. The third kappa shape index (κ3) is 4.52. The normalized spacial score (nSPS) is 13.4. The van der Waals surface area contributed by atoms with Gasteiger partial charge in [-0.05, 0) is 47.5 Å². The van der Waals surface area contributed by atoms with Crippen LogP contribution >= 0.6 is 0 Å². The second kappa shape index (κ2) is 11.6. The summed E-state index contributed by atoms with van der Waals surface area (Å²) < 4.78 is 6.85. The van der Waals surface area contributed by atoms with Gasteiger partial charge in [0.05, 0.1) is 16.8 Å². The molecule has 7 aromatic carbocycles. The molecule has 0 bridgehead atoms. The predicted molar refractivity (Wildman–Crippen MR) is 203 cm³/mol. The van der Waals surface area contributed by atoms with Gasteiger partial charge in [-0.1, -0.05) is 146 Å². The van der Waals surface area contributed by atoms with E-state index in [1.165, 1.54) is 11.1 Å². The maximum Gasteiger partial charge on any atom is 0.164 e. The van der Waals surface area contributed by atoms with Crippen LogP contribution in [-0.2, 0) is 5.41 Å². The van der Waals surface area contributed by atoms with Gasteiger partial charge in [0.15, 0.2) is 17.5 Å². The van der Waals surface area contributed by atoms with Crippen molar-refractivity contribution in [2.24, 2.45) is 0 Å². The Kier molecular flexibility index (Phi) is 6.64. The number of nitrogens with zero attached hydrogens (tertiary/aromatic N) is 4. The topological polar surface area (TPSA) is 51.1 Å². The van der Waals surface area contributed by atoms with Crippen LogP contribution in [0.5, 0.6) is 11.5 Å². The fourth-order valence-electron chi connectivity index (χ4n) is 7.80.